The van der Waals surface area contributed by atoms with Crippen molar-refractivity contribution in [2.24, 2.45) is 72.6 Å². The highest BCUT2D eigenvalue weighted by molar-refractivity contribution is 7.91. The summed E-state index contributed by atoms with van der Waals surface area (Å²) in [5.74, 6) is 2.77. The van der Waals surface area contributed by atoms with Crippen molar-refractivity contribution in [2.75, 3.05) is 86.3 Å². The average molecular weight is 2080 g/mol. The van der Waals surface area contributed by atoms with Crippen molar-refractivity contribution >= 4 is 129 Å². The van der Waals surface area contributed by atoms with Crippen LogP contribution in [-0.2, 0) is 108 Å². The molecule has 136 heavy (non-hydrogen) atoms. The third-order valence-corrected chi connectivity index (χ3v) is 29.2. The molecule has 5 rings (SSSR count). The molecule has 2 aromatic rings. The predicted molar refractivity (Wildman–Crippen MR) is 551 cm³/mol. The Kier molecular flexibility index (Phi) is 81.3. The van der Waals surface area contributed by atoms with Crippen molar-refractivity contribution < 1.29 is 123 Å². The van der Waals surface area contributed by atoms with Crippen LogP contribution in [0.5, 0.6) is 0 Å². The number of nitrogens with one attached hydrogen (secondary N) is 4. The number of sulfonamides is 1. The minimum absolute atomic E-state index is 0.00456. The molecule has 2 atom stereocenters. The molecule has 0 saturated carbocycles. The SMILES string of the molecule is C=C1C(=O)C(C(C)C)=C1O.CC(=O)C(C)C.CC(C)(C)C(=O)NS(C)(=O)=O.CC(C)(C)C1=NCC(=O)N1.CC(C)(C)C1=NCC=N1.CC(C)C(=O)CC#N.CC(C)C(=O)CO.CC(C)C(=O)NS(=O)(=O)N(C)C.CC(C)C(C)O.CC(C)P(C)(=O)O.CC(C)P(C)(C)=O.CC(C)S(=O)(=O)Cc1ncco1.CC(C)S(C)(=O)=O.CC(C)S(C)(=O)=O.CC(C)c1cc(=O)[nH]o1.COCC(=O)C(C)C. The summed E-state index contributed by atoms with van der Waals surface area (Å²) in [6.07, 6.45) is 7.98. The number of aliphatic hydroxyl groups is 3. The first-order valence-corrected chi connectivity index (χ1v) is 57.8. The number of hydrogen-bond acceptors (Lipinski definition) is 32. The van der Waals surface area contributed by atoms with Gasteiger partial charge in [0.1, 0.15) is 86.2 Å². The number of allylic oxidation sites excluding steroid dienone is 2. The van der Waals surface area contributed by atoms with E-state index in [0.717, 1.165) is 28.8 Å². The minimum atomic E-state index is -3.61. The van der Waals surface area contributed by atoms with Crippen molar-refractivity contribution in [1.82, 2.24) is 29.2 Å². The maximum absolute atomic E-state index is 11.3. The van der Waals surface area contributed by atoms with Gasteiger partial charge in [-0.2, -0.15) is 23.1 Å². The topological polar surface area (TPSA) is 604 Å². The van der Waals surface area contributed by atoms with Gasteiger partial charge in [-0.15, -0.1) is 0 Å². The number of H-pyrrole nitrogens is 1. The van der Waals surface area contributed by atoms with Gasteiger partial charge in [0, 0.05) is 121 Å². The van der Waals surface area contributed by atoms with E-state index < -0.39 is 81.5 Å². The number of aliphatic hydroxyl groups excluding tert-OH is 3. The Balaban J connectivity index is -0.000000137. The fourth-order valence-corrected chi connectivity index (χ4v) is 7.34. The lowest BCUT2D eigenvalue weighted by Gasteiger charge is -2.22. The lowest BCUT2D eigenvalue weighted by Crippen LogP contribution is -2.41. The monoisotopic (exact) mass is 2080 g/mol. The van der Waals surface area contributed by atoms with Gasteiger partial charge in [-0.05, 0) is 80.6 Å². The van der Waals surface area contributed by atoms with Gasteiger partial charge in [0.15, 0.2) is 34.6 Å². The van der Waals surface area contributed by atoms with Crippen LogP contribution in [0.3, 0.4) is 0 Å². The molecule has 3 aliphatic rings. The van der Waals surface area contributed by atoms with Crippen LogP contribution >= 0.6 is 14.5 Å². The number of aliphatic imine (C=N–C) groups is 3. The standard InChI is InChI=1S/C8H10O2.C7H12N2O.C7H12N2.C7H11NO3S.C6H14N2O3S.C6H13NO3S.C6H9NO2.C6H9NO.C6H12O2.C5H10O2.C5H13OP.C5H12O.C5H10O.C4H11O2P.2C4H10O2S/c1-4(2)6-7(9)5(3)8(6)10;1-7(2,3)6-8-4-5(10)9-6;1-7(2,3)6-8-4-5-9-6;1-6(2)12(9,10)5-7-8-3-4-11-7;1-5(2)6(9)7-12(10,11)8(3)4;1-6(2,3)5(8)7-11(4,9)10;1-4(2)5-3-6(8)7-9-5;1-5(2)6(8)3-4-7;1-5(2)6(7)4-8-3;1-4(2)5(7)3-6;1-5(2)7(3,4)6;2*1-4(2)5(3)6;3*1-4(2)7(3,5)6/h4,9H,3H2,1-2H3;4H2,1-3H3,(H,8,9,10);4H,5H2,1-3H3;3-4,6H,5H2,1-2H3;5H,1-4H3,(H,7,9);1-4H3,(H,7,8);3-4H,1-2H3,(H,7,8);5H,3H2,1-2H3;5H,4H2,1-3H3;4,6H,3H2,1-2H3;5H,1-4H3;4-6H,1-3H3;4H,1-3H3;4H,1-3H3,(H,5,6);2*4H,1-3H3. The van der Waals surface area contributed by atoms with Crippen molar-refractivity contribution in [2.45, 2.75) is 307 Å². The number of carbonyl (C=O) groups is 8. The van der Waals surface area contributed by atoms with Gasteiger partial charge in [-0.25, -0.2) is 48.4 Å². The minimum Gasteiger partial charge on any atom is -0.507 e. The Labute approximate surface area is 818 Å². The van der Waals surface area contributed by atoms with E-state index >= 15 is 0 Å². The molecule has 38 nitrogen and oxygen atoms in total. The molecule has 2 aromatic heterocycles. The number of nitrogens with zero attached hydrogens (tertiary/aromatic N) is 6. The molecule has 8 N–H and O–H groups in total. The van der Waals surface area contributed by atoms with E-state index in [-0.39, 0.29) is 163 Å². The number of ketones is 5. The zero-order chi connectivity index (χ0) is 111. The van der Waals surface area contributed by atoms with Crippen molar-refractivity contribution in [3.8, 4) is 6.07 Å². The first kappa shape index (κ1) is 152. The van der Waals surface area contributed by atoms with E-state index in [9.17, 15) is 94.4 Å². The Morgan fingerprint density at radius 3 is 1.18 bits per heavy atom. The van der Waals surface area contributed by atoms with Crippen LogP contribution in [0, 0.1) is 69.0 Å². The fraction of sp³-hybridized carbons (Fsp3) is 0.758. The zero-order valence-electron chi connectivity index (χ0n) is 90.5. The van der Waals surface area contributed by atoms with Crippen LogP contribution in [0.1, 0.15) is 280 Å². The number of oxazole rings is 1. The quantitative estimate of drug-likeness (QED) is 0.0401. The number of ether oxygens (including phenoxy) is 1. The van der Waals surface area contributed by atoms with Gasteiger partial charge in [0.25, 0.3) is 5.56 Å². The van der Waals surface area contributed by atoms with Crippen LogP contribution in [0.25, 0.3) is 0 Å². The van der Waals surface area contributed by atoms with Crippen LogP contribution in [0.2, 0.25) is 0 Å². The number of aromatic amines is 1. The van der Waals surface area contributed by atoms with E-state index in [0.29, 0.717) is 29.5 Å². The van der Waals surface area contributed by atoms with Crippen LogP contribution < -0.4 is 20.3 Å². The Hall–Kier alpha value is -7.23. The second kappa shape index (κ2) is 73.0. The van der Waals surface area contributed by atoms with Gasteiger partial charge in [0.05, 0.1) is 66.1 Å². The van der Waals surface area contributed by atoms with Gasteiger partial charge in [0.2, 0.25) is 33.6 Å². The predicted octanol–water partition coefficient (Wildman–Crippen LogP) is 14.1. The van der Waals surface area contributed by atoms with Gasteiger partial charge in [-0.1, -0.05) is 207 Å². The summed E-state index contributed by atoms with van der Waals surface area (Å²) in [6, 6.07) is 3.26. The maximum atomic E-state index is 11.3. The van der Waals surface area contributed by atoms with Crippen LogP contribution in [-0.4, -0.2) is 261 Å². The van der Waals surface area contributed by atoms with Crippen molar-refractivity contribution in [3.05, 3.63) is 64.0 Å². The first-order valence-electron chi connectivity index (χ1n) is 44.0. The second-order valence-electron chi connectivity index (χ2n) is 38.7. The number of hydrogen-bond donors (Lipinski definition) is 8. The number of Topliss-reactive ketones (excluding diaryl/α,β-unsaturated/α-hetero) is 5. The lowest BCUT2D eigenvalue weighted by molar-refractivity contribution is -0.127. The summed E-state index contributed by atoms with van der Waals surface area (Å²) >= 11 is 0. The first-order chi connectivity index (χ1) is 60.4. The highest BCUT2D eigenvalue weighted by Crippen LogP contribution is 2.42. The molecule has 0 aromatic carbocycles. The molecule has 0 radical (unpaired) electrons. The number of aromatic nitrogens is 2. The summed E-state index contributed by atoms with van der Waals surface area (Å²) in [4.78, 5) is 120. The molecule has 800 valence electrons. The third kappa shape index (κ3) is 89.4. The van der Waals surface area contributed by atoms with E-state index in [1.165, 1.54) is 58.9 Å². The molecule has 4 heterocycles. The molecular formula is C91H178N10O28P2S5. The number of amides is 3. The van der Waals surface area contributed by atoms with Gasteiger partial charge in [-0.3, -0.25) is 62.4 Å². The molecule has 45 heteroatoms. The number of carbonyl (C=O) groups excluding carboxylic acids is 8. The summed E-state index contributed by atoms with van der Waals surface area (Å²) in [6.45, 7) is 77.1. The highest BCUT2D eigenvalue weighted by Gasteiger charge is 2.33. The van der Waals surface area contributed by atoms with Crippen molar-refractivity contribution in [1.29, 1.82) is 5.26 Å². The molecule has 0 bridgehead atoms. The number of methoxy groups -OCH3 is 1. The summed E-state index contributed by atoms with van der Waals surface area (Å²) in [5, 5.41) is 38.0. The van der Waals surface area contributed by atoms with Gasteiger partial charge >= 0.3 is 10.2 Å². The Morgan fingerprint density at radius 2 is 1.04 bits per heavy atom. The fourth-order valence-electron chi connectivity index (χ4n) is 5.20. The molecule has 3 amide bonds. The Bertz CT molecular complexity index is 4720. The average Bonchev–Trinajstić information content (AvgIpc) is 1.04. The molecule has 0 saturated heterocycles. The maximum Gasteiger partial charge on any atom is 0.303 e. The van der Waals surface area contributed by atoms with E-state index in [1.54, 1.807) is 138 Å². The highest BCUT2D eigenvalue weighted by atomic mass is 32.2. The third-order valence-electron chi connectivity index (χ3n) is 17.3. The van der Waals surface area contributed by atoms with Gasteiger partial charge < -0.3 is 43.8 Å². The second-order valence-corrected chi connectivity index (χ2v) is 56.9. The number of sulfone groups is 3. The molecule has 0 fully saturated rings. The summed E-state index contributed by atoms with van der Waals surface area (Å²) in [7, 11) is -15.8. The zero-order valence-corrected chi connectivity index (χ0v) is 96.4. The molecule has 1 aliphatic carbocycles. The molecule has 2 aliphatic heterocycles. The van der Waals surface area contributed by atoms with E-state index in [4.69, 9.17) is 34.4 Å². The largest absolute Gasteiger partial charge is 0.507 e. The smallest absolute Gasteiger partial charge is 0.303 e. The van der Waals surface area contributed by atoms with E-state index in [2.05, 4.69) is 62.5 Å². The number of nitriles is 1. The normalized spacial score (nSPS) is 13.5. The van der Waals surface area contributed by atoms with E-state index in [1.807, 2.05) is 133 Å². The molecule has 0 spiro atoms. The lowest BCUT2D eigenvalue weighted by atomic mass is 9.82. The summed E-state index contributed by atoms with van der Waals surface area (Å²) in [5.41, 5.74) is 0.315. The van der Waals surface area contributed by atoms with Crippen LogP contribution in [0.15, 0.2) is 70.7 Å². The summed E-state index contributed by atoms with van der Waals surface area (Å²) < 4.78 is 147. The molecular weight excluding hydrogens is 1900 g/mol. The number of rotatable bonds is 22. The number of amidine groups is 2. The Morgan fingerprint density at radius 1 is 0.640 bits per heavy atom. The molecule has 2 unspecified atom stereocenters. The van der Waals surface area contributed by atoms with Crippen molar-refractivity contribution in [3.63, 3.8) is 0 Å². The van der Waals surface area contributed by atoms with Crippen LogP contribution in [0.4, 0.5) is 0 Å².